The Kier molecular flexibility index (Phi) is 6.84. The van der Waals surface area contributed by atoms with E-state index < -0.39 is 6.10 Å². The van der Waals surface area contributed by atoms with Crippen molar-refractivity contribution in [1.29, 1.82) is 0 Å². The van der Waals surface area contributed by atoms with Crippen LogP contribution in [0.15, 0.2) is 24.3 Å². The molecule has 1 unspecified atom stereocenters. The van der Waals surface area contributed by atoms with Gasteiger partial charge in [0.05, 0.1) is 3.57 Å². The lowest BCUT2D eigenvalue weighted by Crippen LogP contribution is -2.33. The second-order valence-electron chi connectivity index (χ2n) is 4.45. The number of benzene rings is 1. The van der Waals surface area contributed by atoms with Crippen LogP contribution < -0.4 is 10.1 Å². The molecule has 1 rings (SSSR count). The maximum absolute atomic E-state index is 9.72. The van der Waals surface area contributed by atoms with Crippen LogP contribution in [0.5, 0.6) is 5.75 Å². The third kappa shape index (κ3) is 6.24. The summed E-state index contributed by atoms with van der Waals surface area (Å²) in [5.41, 5.74) is 0. The van der Waals surface area contributed by atoms with Crippen molar-refractivity contribution in [3.8, 4) is 5.75 Å². The zero-order valence-electron chi connectivity index (χ0n) is 10.3. The van der Waals surface area contributed by atoms with Crippen molar-refractivity contribution in [2.24, 2.45) is 5.92 Å². The number of hydrogen-bond donors (Lipinski definition) is 2. The predicted octanol–water partition coefficient (Wildman–Crippen LogP) is 2.28. The number of aliphatic hydroxyl groups is 1. The molecular formula is C13H20INO2. The Morgan fingerprint density at radius 3 is 2.65 bits per heavy atom. The Morgan fingerprint density at radius 1 is 1.29 bits per heavy atom. The zero-order valence-corrected chi connectivity index (χ0v) is 12.5. The summed E-state index contributed by atoms with van der Waals surface area (Å²) in [6.45, 7) is 6.09. The lowest BCUT2D eigenvalue weighted by atomic mass is 10.2. The lowest BCUT2D eigenvalue weighted by Gasteiger charge is -2.14. The van der Waals surface area contributed by atoms with Gasteiger partial charge in [0.25, 0.3) is 0 Å². The average molecular weight is 349 g/mol. The lowest BCUT2D eigenvalue weighted by molar-refractivity contribution is 0.105. The highest BCUT2D eigenvalue weighted by atomic mass is 127. The first-order valence-corrected chi connectivity index (χ1v) is 6.93. The molecule has 0 aliphatic rings. The number of rotatable bonds is 7. The number of para-hydroxylation sites is 1. The van der Waals surface area contributed by atoms with Crippen LogP contribution in [-0.4, -0.2) is 30.9 Å². The first-order valence-electron chi connectivity index (χ1n) is 5.85. The molecule has 0 aliphatic heterocycles. The molecule has 1 aromatic rings. The summed E-state index contributed by atoms with van der Waals surface area (Å²) < 4.78 is 6.62. The van der Waals surface area contributed by atoms with Crippen molar-refractivity contribution < 1.29 is 9.84 Å². The number of nitrogens with one attached hydrogen (secondary N) is 1. The minimum absolute atomic E-state index is 0.325. The van der Waals surface area contributed by atoms with Crippen LogP contribution in [0.25, 0.3) is 0 Å². The van der Waals surface area contributed by atoms with E-state index in [4.69, 9.17) is 4.74 Å². The molecule has 0 saturated carbocycles. The van der Waals surface area contributed by atoms with Gasteiger partial charge in [-0.1, -0.05) is 26.0 Å². The van der Waals surface area contributed by atoms with Crippen LogP contribution in [0.2, 0.25) is 0 Å². The SMILES string of the molecule is CC(C)CNCC(O)COc1ccccc1I. The minimum atomic E-state index is -0.468. The van der Waals surface area contributed by atoms with E-state index >= 15 is 0 Å². The van der Waals surface area contributed by atoms with Crippen molar-refractivity contribution in [3.05, 3.63) is 27.8 Å². The second-order valence-corrected chi connectivity index (χ2v) is 5.61. The summed E-state index contributed by atoms with van der Waals surface area (Å²) in [5, 5.41) is 12.9. The number of aliphatic hydroxyl groups excluding tert-OH is 1. The smallest absolute Gasteiger partial charge is 0.132 e. The molecule has 0 aromatic heterocycles. The molecule has 0 heterocycles. The molecule has 3 nitrogen and oxygen atoms in total. The van der Waals surface area contributed by atoms with Gasteiger partial charge in [0.1, 0.15) is 18.5 Å². The largest absolute Gasteiger partial charge is 0.490 e. The van der Waals surface area contributed by atoms with E-state index in [2.05, 4.69) is 41.8 Å². The maximum Gasteiger partial charge on any atom is 0.132 e. The van der Waals surface area contributed by atoms with E-state index in [1.165, 1.54) is 0 Å². The second kappa shape index (κ2) is 7.89. The van der Waals surface area contributed by atoms with Gasteiger partial charge < -0.3 is 15.2 Å². The van der Waals surface area contributed by atoms with Crippen molar-refractivity contribution in [2.45, 2.75) is 20.0 Å². The molecule has 0 radical (unpaired) electrons. The van der Waals surface area contributed by atoms with Gasteiger partial charge in [0, 0.05) is 6.54 Å². The van der Waals surface area contributed by atoms with Gasteiger partial charge >= 0.3 is 0 Å². The van der Waals surface area contributed by atoms with E-state index in [1.54, 1.807) is 0 Å². The quantitative estimate of drug-likeness (QED) is 0.743. The van der Waals surface area contributed by atoms with E-state index in [9.17, 15) is 5.11 Å². The molecule has 0 spiro atoms. The summed E-state index contributed by atoms with van der Waals surface area (Å²) in [7, 11) is 0. The zero-order chi connectivity index (χ0) is 12.7. The Hall–Kier alpha value is -0.330. The van der Waals surface area contributed by atoms with Crippen LogP contribution >= 0.6 is 22.6 Å². The monoisotopic (exact) mass is 349 g/mol. The van der Waals surface area contributed by atoms with E-state index in [1.807, 2.05) is 24.3 Å². The van der Waals surface area contributed by atoms with Crippen LogP contribution in [0.3, 0.4) is 0 Å². The highest BCUT2D eigenvalue weighted by Gasteiger charge is 2.06. The van der Waals surface area contributed by atoms with Crippen molar-refractivity contribution in [3.63, 3.8) is 0 Å². The van der Waals surface area contributed by atoms with Gasteiger partial charge in [-0.15, -0.1) is 0 Å². The van der Waals surface area contributed by atoms with Crippen molar-refractivity contribution in [1.82, 2.24) is 5.32 Å². The fourth-order valence-electron chi connectivity index (χ4n) is 1.35. The van der Waals surface area contributed by atoms with Crippen molar-refractivity contribution in [2.75, 3.05) is 19.7 Å². The normalized spacial score (nSPS) is 12.8. The summed E-state index contributed by atoms with van der Waals surface area (Å²) in [6, 6.07) is 7.80. The molecule has 0 saturated heterocycles. The van der Waals surface area contributed by atoms with Crippen LogP contribution in [0, 0.1) is 9.49 Å². The third-order valence-corrected chi connectivity index (χ3v) is 3.09. The Balaban J connectivity index is 2.24. The average Bonchev–Trinajstić information content (AvgIpc) is 2.27. The van der Waals surface area contributed by atoms with E-state index in [0.29, 0.717) is 19.1 Å². The van der Waals surface area contributed by atoms with E-state index in [0.717, 1.165) is 15.9 Å². The molecular weight excluding hydrogens is 329 g/mol. The molecule has 0 amide bonds. The molecule has 0 aliphatic carbocycles. The van der Waals surface area contributed by atoms with Crippen LogP contribution in [-0.2, 0) is 0 Å². The number of halogens is 1. The Labute approximate surface area is 117 Å². The molecule has 4 heteroatoms. The van der Waals surface area contributed by atoms with Crippen LogP contribution in [0.1, 0.15) is 13.8 Å². The molecule has 0 fully saturated rings. The Morgan fingerprint density at radius 2 is 2.00 bits per heavy atom. The summed E-state index contributed by atoms with van der Waals surface area (Å²) >= 11 is 2.22. The topological polar surface area (TPSA) is 41.5 Å². The standard InChI is InChI=1S/C13H20INO2/c1-10(2)7-15-8-11(16)9-17-13-6-4-3-5-12(13)14/h3-6,10-11,15-16H,7-9H2,1-2H3. The van der Waals surface area contributed by atoms with Gasteiger partial charge in [0.2, 0.25) is 0 Å². The predicted molar refractivity (Wildman–Crippen MR) is 78.4 cm³/mol. The highest BCUT2D eigenvalue weighted by Crippen LogP contribution is 2.19. The summed E-state index contributed by atoms with van der Waals surface area (Å²) in [6.07, 6.45) is -0.468. The maximum atomic E-state index is 9.72. The van der Waals surface area contributed by atoms with Gasteiger partial charge in [-0.05, 0) is 47.2 Å². The molecule has 17 heavy (non-hydrogen) atoms. The minimum Gasteiger partial charge on any atom is -0.490 e. The van der Waals surface area contributed by atoms with Gasteiger partial charge in [-0.2, -0.15) is 0 Å². The van der Waals surface area contributed by atoms with E-state index in [-0.39, 0.29) is 0 Å². The first kappa shape index (κ1) is 14.7. The molecule has 2 N–H and O–H groups in total. The fourth-order valence-corrected chi connectivity index (χ4v) is 1.89. The number of ether oxygens (including phenoxy) is 1. The molecule has 1 aromatic carbocycles. The van der Waals surface area contributed by atoms with Crippen molar-refractivity contribution >= 4 is 22.6 Å². The molecule has 1 atom stereocenters. The summed E-state index contributed by atoms with van der Waals surface area (Å²) in [5.74, 6) is 1.43. The highest BCUT2D eigenvalue weighted by molar-refractivity contribution is 14.1. The Bertz CT molecular complexity index is 331. The summed E-state index contributed by atoms with van der Waals surface area (Å²) in [4.78, 5) is 0. The van der Waals surface area contributed by atoms with Gasteiger partial charge in [-0.25, -0.2) is 0 Å². The number of hydrogen-bond acceptors (Lipinski definition) is 3. The van der Waals surface area contributed by atoms with Crippen LogP contribution in [0.4, 0.5) is 0 Å². The fraction of sp³-hybridized carbons (Fsp3) is 0.538. The van der Waals surface area contributed by atoms with Gasteiger partial charge in [0.15, 0.2) is 0 Å². The van der Waals surface area contributed by atoms with Gasteiger partial charge in [-0.3, -0.25) is 0 Å². The molecule has 0 bridgehead atoms. The molecule has 96 valence electrons. The first-order chi connectivity index (χ1) is 8.09. The third-order valence-electron chi connectivity index (χ3n) is 2.20.